The first kappa shape index (κ1) is 60.3. The molecular formula is C49H82F2N10O10. The molecule has 0 aromatic heterocycles. The molecule has 0 amide bonds. The van der Waals surface area contributed by atoms with Gasteiger partial charge < -0.3 is 105 Å². The van der Waals surface area contributed by atoms with E-state index in [1.54, 1.807) is 30.3 Å². The maximum absolute atomic E-state index is 13.5. The Kier molecular flexibility index (Phi) is 27.3. The number of rotatable bonds is 16. The van der Waals surface area contributed by atoms with Crippen LogP contribution in [0.2, 0.25) is 0 Å². The molecule has 20 N–H and O–H groups in total. The Hall–Kier alpha value is -3.28. The zero-order valence-corrected chi connectivity index (χ0v) is 41.3. The Labute approximate surface area is 417 Å². The van der Waals surface area contributed by atoms with Gasteiger partial charge in [0.2, 0.25) is 0 Å². The molecule has 0 spiro atoms. The van der Waals surface area contributed by atoms with Crippen LogP contribution in [0.3, 0.4) is 0 Å². The number of hydrogen-bond donors (Lipinski definition) is 10. The van der Waals surface area contributed by atoms with Gasteiger partial charge in [-0.2, -0.15) is 0 Å². The zero-order valence-electron chi connectivity index (χ0n) is 41.3. The number of benzene rings is 3. The van der Waals surface area contributed by atoms with Gasteiger partial charge in [0.25, 0.3) is 0 Å². The van der Waals surface area contributed by atoms with E-state index in [1.807, 2.05) is 30.3 Å². The standard InChI is InChI=1S/2C11H15FN2O2.C11H16N2O2.2C8H18N2O2/c12-8-3-1-2-7(4-8)11-15-9(5-13)10(6-14)16-11;12-8-4-2-1-3-7(8)11-15-9(5-13)10(6-14)16-11;12-6-9-10(7-13)15-11(14-9)8-4-2-1-3-5-8;1-5(2)8-11-6(3-9)7(4-10)12-8;1-2-3-8-11-6(4-9)7(5-10)12-8/h2*1-4,9-11H,5-6,13-14H2;1-5,9-11H,6-7,12-13H2;5-8H,3-4,9-10H2,1-2H3;6-8H,2-5,9-10H2,1H3. The Bertz CT molecular complexity index is 1830. The molecule has 5 fully saturated rings. The van der Waals surface area contributed by atoms with Crippen LogP contribution >= 0.6 is 0 Å². The summed E-state index contributed by atoms with van der Waals surface area (Å²) in [6.07, 6.45) is -1.09. The van der Waals surface area contributed by atoms with Crippen molar-refractivity contribution in [2.45, 2.75) is 126 Å². The highest BCUT2D eigenvalue weighted by molar-refractivity contribution is 5.20. The molecule has 5 heterocycles. The second-order valence-corrected chi connectivity index (χ2v) is 17.4. The molecule has 0 aliphatic carbocycles. The van der Waals surface area contributed by atoms with E-state index in [0.717, 1.165) is 18.4 Å². The van der Waals surface area contributed by atoms with Crippen molar-refractivity contribution in [3.05, 3.63) is 107 Å². The minimum atomic E-state index is -0.705. The Morgan fingerprint density at radius 2 is 0.761 bits per heavy atom. The molecule has 0 radical (unpaired) electrons. The predicted molar refractivity (Wildman–Crippen MR) is 264 cm³/mol. The molecule has 22 heteroatoms. The van der Waals surface area contributed by atoms with Gasteiger partial charge in [-0.05, 0) is 24.6 Å². The number of halogens is 2. The van der Waals surface area contributed by atoms with Crippen LogP contribution in [0.4, 0.5) is 8.78 Å². The highest BCUT2D eigenvalue weighted by atomic mass is 19.1. The van der Waals surface area contributed by atoms with Crippen molar-refractivity contribution in [3.63, 3.8) is 0 Å². The van der Waals surface area contributed by atoms with Crippen molar-refractivity contribution < 1.29 is 56.1 Å². The van der Waals surface area contributed by atoms with Gasteiger partial charge >= 0.3 is 0 Å². The Morgan fingerprint density at radius 1 is 0.408 bits per heavy atom. The summed E-state index contributed by atoms with van der Waals surface area (Å²) in [6.45, 7) is 10.3. The third-order valence-electron chi connectivity index (χ3n) is 11.9. The molecule has 8 rings (SSSR count). The largest absolute Gasteiger partial charge is 0.345 e. The van der Waals surface area contributed by atoms with Crippen molar-refractivity contribution in [1.29, 1.82) is 0 Å². The molecule has 10 atom stereocenters. The van der Waals surface area contributed by atoms with Gasteiger partial charge in [-0.15, -0.1) is 0 Å². The summed E-state index contributed by atoms with van der Waals surface area (Å²) >= 11 is 0. The fourth-order valence-electron chi connectivity index (χ4n) is 7.87. The van der Waals surface area contributed by atoms with Gasteiger partial charge in [-0.1, -0.05) is 87.9 Å². The Morgan fingerprint density at radius 3 is 1.14 bits per heavy atom. The third kappa shape index (κ3) is 18.0. The van der Waals surface area contributed by atoms with E-state index in [2.05, 4.69) is 20.8 Å². The van der Waals surface area contributed by atoms with E-state index in [9.17, 15) is 8.78 Å². The van der Waals surface area contributed by atoms with Crippen LogP contribution in [-0.2, 0) is 47.4 Å². The van der Waals surface area contributed by atoms with E-state index in [0.29, 0.717) is 82.5 Å². The maximum atomic E-state index is 13.5. The van der Waals surface area contributed by atoms with Crippen molar-refractivity contribution >= 4 is 0 Å². The summed E-state index contributed by atoms with van der Waals surface area (Å²) < 4.78 is 82.1. The van der Waals surface area contributed by atoms with Crippen LogP contribution in [0.5, 0.6) is 0 Å². The minimum Gasteiger partial charge on any atom is -0.345 e. The van der Waals surface area contributed by atoms with Crippen molar-refractivity contribution in [2.75, 3.05) is 65.4 Å². The summed E-state index contributed by atoms with van der Waals surface area (Å²) in [5, 5.41) is 0. The van der Waals surface area contributed by atoms with Crippen molar-refractivity contribution in [1.82, 2.24) is 0 Å². The predicted octanol–water partition coefficient (Wildman–Crippen LogP) is 0.922. The lowest BCUT2D eigenvalue weighted by molar-refractivity contribution is -0.0934. The second-order valence-electron chi connectivity index (χ2n) is 17.4. The van der Waals surface area contributed by atoms with Gasteiger partial charge in [0.1, 0.15) is 72.7 Å². The van der Waals surface area contributed by atoms with Crippen LogP contribution in [-0.4, -0.2) is 139 Å². The topological polar surface area (TPSA) is 352 Å². The molecule has 5 aliphatic rings. The van der Waals surface area contributed by atoms with Gasteiger partial charge in [0.15, 0.2) is 31.5 Å². The molecule has 5 aliphatic heterocycles. The fourth-order valence-corrected chi connectivity index (χ4v) is 7.87. The average molecular weight is 1010 g/mol. The SMILES string of the molecule is CC(C)C1OC(CN)C(CN)O1.CCCC1OC(CN)C(CN)O1.NCC1OC(c2cccc(F)c2)OC1CN.NCC1OC(c2ccccc2)OC1CN.NCC1OC(c2ccccc2F)OC1CN. The fraction of sp³-hybridized carbons (Fsp3) is 0.633. The first-order valence-electron chi connectivity index (χ1n) is 24.5. The highest BCUT2D eigenvalue weighted by Crippen LogP contribution is 2.33. The van der Waals surface area contributed by atoms with E-state index >= 15 is 0 Å². The van der Waals surface area contributed by atoms with Crippen LogP contribution in [0.25, 0.3) is 0 Å². The molecule has 20 nitrogen and oxygen atoms in total. The van der Waals surface area contributed by atoms with Gasteiger partial charge in [-0.25, -0.2) is 8.78 Å². The lowest BCUT2D eigenvalue weighted by atomic mass is 10.2. The van der Waals surface area contributed by atoms with Crippen LogP contribution in [0, 0.1) is 17.6 Å². The van der Waals surface area contributed by atoms with Gasteiger partial charge in [-0.3, -0.25) is 0 Å². The number of nitrogens with two attached hydrogens (primary N) is 10. The summed E-state index contributed by atoms with van der Waals surface area (Å²) in [7, 11) is 0. The molecule has 0 bridgehead atoms. The minimum absolute atomic E-state index is 0.00782. The molecule has 71 heavy (non-hydrogen) atoms. The van der Waals surface area contributed by atoms with Crippen molar-refractivity contribution in [3.8, 4) is 0 Å². The van der Waals surface area contributed by atoms with Crippen molar-refractivity contribution in [2.24, 2.45) is 63.3 Å². The second kappa shape index (κ2) is 32.1. The monoisotopic (exact) mass is 1010 g/mol. The van der Waals surface area contributed by atoms with E-state index in [-0.39, 0.29) is 91.5 Å². The van der Waals surface area contributed by atoms with E-state index in [4.69, 9.17) is 105 Å². The molecular weight excluding hydrogens is 927 g/mol. The van der Waals surface area contributed by atoms with Gasteiger partial charge in [0.05, 0.1) is 0 Å². The molecule has 5 saturated heterocycles. The molecule has 10 unspecified atom stereocenters. The summed E-state index contributed by atoms with van der Waals surface area (Å²) in [4.78, 5) is 0. The highest BCUT2D eigenvalue weighted by Gasteiger charge is 2.39. The first-order valence-corrected chi connectivity index (χ1v) is 24.5. The smallest absolute Gasteiger partial charge is 0.187 e. The van der Waals surface area contributed by atoms with E-state index < -0.39 is 12.6 Å². The van der Waals surface area contributed by atoms with Crippen LogP contribution in [0.1, 0.15) is 69.2 Å². The quantitative estimate of drug-likeness (QED) is 0.0954. The van der Waals surface area contributed by atoms with Crippen LogP contribution < -0.4 is 57.3 Å². The lowest BCUT2D eigenvalue weighted by Gasteiger charge is -2.13. The molecule has 3 aromatic carbocycles. The lowest BCUT2D eigenvalue weighted by Crippen LogP contribution is -2.35. The van der Waals surface area contributed by atoms with Crippen LogP contribution in [0.15, 0.2) is 78.9 Å². The summed E-state index contributed by atoms with van der Waals surface area (Å²) in [5.41, 5.74) is 57.3. The zero-order chi connectivity index (χ0) is 51.9. The molecule has 402 valence electrons. The summed E-state index contributed by atoms with van der Waals surface area (Å²) in [6, 6.07) is 22.3. The number of ether oxygens (including phenoxy) is 10. The summed E-state index contributed by atoms with van der Waals surface area (Å²) in [5.74, 6) is -0.304. The molecule has 3 aromatic rings. The van der Waals surface area contributed by atoms with E-state index in [1.165, 1.54) is 18.2 Å². The Balaban J connectivity index is 0.000000194. The average Bonchev–Trinajstić information content (AvgIpc) is 4.26. The third-order valence-corrected chi connectivity index (χ3v) is 11.9. The first-order chi connectivity index (χ1) is 34.3. The van der Waals surface area contributed by atoms with Gasteiger partial charge in [0, 0.05) is 88.1 Å². The molecule has 0 saturated carbocycles. The maximum Gasteiger partial charge on any atom is 0.187 e. The normalized spacial score (nSPS) is 32.0. The number of hydrogen-bond acceptors (Lipinski definition) is 20.